The standard InChI is InChI=1S/C21H24N2O2/c1-3-17(2)19-11-13-20(14-12-19)25-16-21(24)23-22-15-7-10-18-8-5-4-6-9-18/h4-15,17H,3,16H2,1-2H3,(H,23,24). The van der Waals surface area contributed by atoms with Crippen molar-refractivity contribution in [2.75, 3.05) is 6.61 Å². The molecule has 0 aromatic heterocycles. The molecule has 4 nitrogen and oxygen atoms in total. The van der Waals surface area contributed by atoms with E-state index < -0.39 is 0 Å². The molecular weight excluding hydrogens is 312 g/mol. The van der Waals surface area contributed by atoms with Gasteiger partial charge in [-0.3, -0.25) is 4.79 Å². The summed E-state index contributed by atoms with van der Waals surface area (Å²) in [5.41, 5.74) is 4.78. The van der Waals surface area contributed by atoms with Gasteiger partial charge in [0.15, 0.2) is 6.61 Å². The van der Waals surface area contributed by atoms with Gasteiger partial charge in [-0.2, -0.15) is 5.10 Å². The van der Waals surface area contributed by atoms with Crippen LogP contribution in [0.25, 0.3) is 6.08 Å². The quantitative estimate of drug-likeness (QED) is 0.574. The van der Waals surface area contributed by atoms with E-state index in [4.69, 9.17) is 4.74 Å². The normalized spacial score (nSPS) is 12.4. The van der Waals surface area contributed by atoms with Crippen molar-refractivity contribution in [3.8, 4) is 5.75 Å². The Morgan fingerprint density at radius 1 is 1.16 bits per heavy atom. The SMILES string of the molecule is CCC(C)c1ccc(OCC(=O)NN=CC=Cc2ccccc2)cc1. The van der Waals surface area contributed by atoms with Crippen LogP contribution >= 0.6 is 0 Å². The maximum atomic E-state index is 11.7. The molecule has 1 atom stereocenters. The molecule has 0 radical (unpaired) electrons. The highest BCUT2D eigenvalue weighted by Crippen LogP contribution is 2.21. The van der Waals surface area contributed by atoms with Crippen molar-refractivity contribution in [3.63, 3.8) is 0 Å². The van der Waals surface area contributed by atoms with Gasteiger partial charge >= 0.3 is 0 Å². The third-order valence-corrected chi connectivity index (χ3v) is 3.87. The predicted molar refractivity (Wildman–Crippen MR) is 103 cm³/mol. The van der Waals surface area contributed by atoms with Crippen LogP contribution < -0.4 is 10.2 Å². The van der Waals surface area contributed by atoms with Gasteiger partial charge < -0.3 is 4.74 Å². The first-order valence-electron chi connectivity index (χ1n) is 8.45. The zero-order chi connectivity index (χ0) is 17.9. The van der Waals surface area contributed by atoms with E-state index in [1.54, 1.807) is 6.08 Å². The monoisotopic (exact) mass is 336 g/mol. The van der Waals surface area contributed by atoms with Crippen LogP contribution in [0.3, 0.4) is 0 Å². The number of hydrogen-bond donors (Lipinski definition) is 1. The van der Waals surface area contributed by atoms with Crippen LogP contribution in [0, 0.1) is 0 Å². The molecule has 25 heavy (non-hydrogen) atoms. The lowest BCUT2D eigenvalue weighted by molar-refractivity contribution is -0.123. The third kappa shape index (κ3) is 6.63. The Bertz CT molecular complexity index is 706. The molecule has 2 rings (SSSR count). The van der Waals surface area contributed by atoms with Gasteiger partial charge in [-0.1, -0.05) is 62.4 Å². The Morgan fingerprint density at radius 2 is 1.88 bits per heavy atom. The number of benzene rings is 2. The van der Waals surface area contributed by atoms with Crippen LogP contribution in [-0.4, -0.2) is 18.7 Å². The molecule has 130 valence electrons. The van der Waals surface area contributed by atoms with Gasteiger partial charge in [0.25, 0.3) is 5.91 Å². The zero-order valence-electron chi connectivity index (χ0n) is 14.7. The van der Waals surface area contributed by atoms with Crippen LogP contribution in [0.1, 0.15) is 37.3 Å². The van der Waals surface area contributed by atoms with E-state index in [0.717, 1.165) is 12.0 Å². The number of allylic oxidation sites excluding steroid dienone is 1. The van der Waals surface area contributed by atoms with Gasteiger partial charge in [-0.25, -0.2) is 5.43 Å². The topological polar surface area (TPSA) is 50.7 Å². The molecule has 0 aliphatic carbocycles. The lowest BCUT2D eigenvalue weighted by Crippen LogP contribution is -2.24. The predicted octanol–water partition coefficient (Wildman–Crippen LogP) is 4.39. The molecule has 0 saturated heterocycles. The maximum absolute atomic E-state index is 11.7. The highest BCUT2D eigenvalue weighted by Gasteiger charge is 2.04. The Morgan fingerprint density at radius 3 is 2.56 bits per heavy atom. The molecule has 1 amide bonds. The molecule has 2 aromatic rings. The summed E-state index contributed by atoms with van der Waals surface area (Å²) in [4.78, 5) is 11.7. The van der Waals surface area contributed by atoms with Gasteiger partial charge in [-0.15, -0.1) is 0 Å². The van der Waals surface area contributed by atoms with Gasteiger partial charge in [-0.05, 0) is 41.7 Å². The van der Waals surface area contributed by atoms with Crippen LogP contribution in [0.2, 0.25) is 0 Å². The number of rotatable bonds is 8. The first kappa shape index (κ1) is 18.5. The molecule has 0 aliphatic heterocycles. The molecule has 0 bridgehead atoms. The van der Waals surface area contributed by atoms with E-state index in [0.29, 0.717) is 11.7 Å². The minimum atomic E-state index is -0.296. The molecule has 0 spiro atoms. The molecule has 0 fully saturated rings. The van der Waals surface area contributed by atoms with Crippen molar-refractivity contribution >= 4 is 18.2 Å². The summed E-state index contributed by atoms with van der Waals surface area (Å²) in [6.45, 7) is 4.28. The van der Waals surface area contributed by atoms with E-state index in [9.17, 15) is 4.79 Å². The second kappa shape index (κ2) is 10.1. The average molecular weight is 336 g/mol. The van der Waals surface area contributed by atoms with Crippen molar-refractivity contribution < 1.29 is 9.53 Å². The fourth-order valence-corrected chi connectivity index (χ4v) is 2.18. The summed E-state index contributed by atoms with van der Waals surface area (Å²) in [7, 11) is 0. The van der Waals surface area contributed by atoms with Crippen molar-refractivity contribution in [3.05, 3.63) is 71.8 Å². The number of carbonyl (C=O) groups excluding carboxylic acids is 1. The molecule has 2 aromatic carbocycles. The Balaban J connectivity index is 1.71. The second-order valence-electron chi connectivity index (χ2n) is 5.75. The number of hydrazone groups is 1. The number of ether oxygens (including phenoxy) is 1. The Kier molecular flexibility index (Phi) is 7.44. The Labute approximate surface area is 149 Å². The van der Waals surface area contributed by atoms with Crippen molar-refractivity contribution in [2.24, 2.45) is 5.10 Å². The third-order valence-electron chi connectivity index (χ3n) is 3.87. The molecule has 1 unspecified atom stereocenters. The van der Waals surface area contributed by atoms with Crippen LogP contribution in [-0.2, 0) is 4.79 Å². The number of carbonyl (C=O) groups is 1. The summed E-state index contributed by atoms with van der Waals surface area (Å²) < 4.78 is 5.46. The lowest BCUT2D eigenvalue weighted by atomic mass is 9.99. The van der Waals surface area contributed by atoms with Crippen LogP contribution in [0.15, 0.2) is 65.8 Å². The van der Waals surface area contributed by atoms with Crippen LogP contribution in [0.4, 0.5) is 0 Å². The van der Waals surface area contributed by atoms with E-state index in [1.807, 2.05) is 60.7 Å². The number of nitrogens with zero attached hydrogens (tertiary/aromatic N) is 1. The number of amides is 1. The lowest BCUT2D eigenvalue weighted by Gasteiger charge is -2.10. The largest absolute Gasteiger partial charge is 0.484 e. The first-order valence-corrected chi connectivity index (χ1v) is 8.45. The average Bonchev–Trinajstić information content (AvgIpc) is 2.66. The maximum Gasteiger partial charge on any atom is 0.277 e. The fraction of sp³-hybridized carbons (Fsp3) is 0.238. The van der Waals surface area contributed by atoms with Crippen LogP contribution in [0.5, 0.6) is 5.75 Å². The molecular formula is C21H24N2O2. The molecule has 0 heterocycles. The van der Waals surface area contributed by atoms with Gasteiger partial charge in [0.1, 0.15) is 5.75 Å². The Hall–Kier alpha value is -2.88. The summed E-state index contributed by atoms with van der Waals surface area (Å²) in [5.74, 6) is 0.904. The van der Waals surface area contributed by atoms with Crippen molar-refractivity contribution in [1.29, 1.82) is 0 Å². The highest BCUT2D eigenvalue weighted by atomic mass is 16.5. The number of nitrogens with one attached hydrogen (secondary N) is 1. The van der Waals surface area contributed by atoms with E-state index in [1.165, 1.54) is 11.8 Å². The molecule has 4 heteroatoms. The molecule has 1 N–H and O–H groups in total. The smallest absolute Gasteiger partial charge is 0.277 e. The van der Waals surface area contributed by atoms with Gasteiger partial charge in [0.2, 0.25) is 0 Å². The summed E-state index contributed by atoms with van der Waals surface area (Å²) in [6, 6.07) is 17.7. The van der Waals surface area contributed by atoms with E-state index in [2.05, 4.69) is 24.4 Å². The summed E-state index contributed by atoms with van der Waals surface area (Å²) in [5, 5.41) is 3.86. The van der Waals surface area contributed by atoms with Gasteiger partial charge in [0, 0.05) is 6.21 Å². The van der Waals surface area contributed by atoms with Gasteiger partial charge in [0.05, 0.1) is 0 Å². The van der Waals surface area contributed by atoms with E-state index in [-0.39, 0.29) is 12.5 Å². The fourth-order valence-electron chi connectivity index (χ4n) is 2.18. The van der Waals surface area contributed by atoms with Crippen molar-refractivity contribution in [1.82, 2.24) is 5.43 Å². The minimum Gasteiger partial charge on any atom is -0.484 e. The first-order chi connectivity index (χ1) is 12.2. The van der Waals surface area contributed by atoms with Crippen molar-refractivity contribution in [2.45, 2.75) is 26.2 Å². The number of hydrogen-bond acceptors (Lipinski definition) is 3. The zero-order valence-corrected chi connectivity index (χ0v) is 14.7. The highest BCUT2D eigenvalue weighted by molar-refractivity contribution is 5.81. The molecule has 0 saturated carbocycles. The molecule has 0 aliphatic rings. The second-order valence-corrected chi connectivity index (χ2v) is 5.75. The van der Waals surface area contributed by atoms with E-state index >= 15 is 0 Å². The summed E-state index contributed by atoms with van der Waals surface area (Å²) >= 11 is 0. The minimum absolute atomic E-state index is 0.0670. The summed E-state index contributed by atoms with van der Waals surface area (Å²) in [6.07, 6.45) is 6.31.